The number of piperidine rings is 1. The molecule has 2 amide bonds. The minimum Gasteiger partial charge on any atom is -0.492 e. The zero-order valence-electron chi connectivity index (χ0n) is 14.0. The summed E-state index contributed by atoms with van der Waals surface area (Å²) in [6.07, 6.45) is 6.46. The maximum atomic E-state index is 12.3. The van der Waals surface area contributed by atoms with Gasteiger partial charge < -0.3 is 15.0 Å². The van der Waals surface area contributed by atoms with E-state index >= 15 is 0 Å². The van der Waals surface area contributed by atoms with Crippen LogP contribution in [0.1, 0.15) is 19.3 Å². The highest BCUT2D eigenvalue weighted by atomic mass is 35.5. The van der Waals surface area contributed by atoms with Crippen molar-refractivity contribution in [3.8, 4) is 5.75 Å². The van der Waals surface area contributed by atoms with E-state index in [1.807, 2.05) is 29.2 Å². The summed E-state index contributed by atoms with van der Waals surface area (Å²) in [5.41, 5.74) is 0.726. The smallest absolute Gasteiger partial charge is 0.321 e. The normalized spacial score (nSPS) is 15.0. The molecule has 1 aliphatic heterocycles. The number of halogens is 1. The van der Waals surface area contributed by atoms with Gasteiger partial charge >= 0.3 is 6.03 Å². The molecule has 0 saturated carbocycles. The summed E-state index contributed by atoms with van der Waals surface area (Å²) in [5.74, 6) is 1.40. The van der Waals surface area contributed by atoms with Gasteiger partial charge in [0.05, 0.1) is 12.8 Å². The van der Waals surface area contributed by atoms with Crippen LogP contribution in [-0.2, 0) is 0 Å². The third kappa shape index (κ3) is 5.36. The topological polar surface area (TPSA) is 54.5 Å². The maximum absolute atomic E-state index is 12.3. The van der Waals surface area contributed by atoms with Gasteiger partial charge in [-0.1, -0.05) is 17.7 Å². The first kappa shape index (κ1) is 17.5. The van der Waals surface area contributed by atoms with E-state index in [9.17, 15) is 4.79 Å². The summed E-state index contributed by atoms with van der Waals surface area (Å²) < 4.78 is 5.71. The van der Waals surface area contributed by atoms with Crippen molar-refractivity contribution < 1.29 is 9.53 Å². The van der Waals surface area contributed by atoms with Crippen LogP contribution in [0.5, 0.6) is 5.75 Å². The molecule has 1 aromatic carbocycles. The van der Waals surface area contributed by atoms with Gasteiger partial charge in [-0.05, 0) is 55.5 Å². The van der Waals surface area contributed by atoms with Crippen LogP contribution in [0.25, 0.3) is 0 Å². The largest absolute Gasteiger partial charge is 0.492 e. The fourth-order valence-corrected chi connectivity index (χ4v) is 3.16. The molecule has 1 aliphatic rings. The number of hydrogen-bond donors (Lipinski definition) is 1. The second-order valence-corrected chi connectivity index (χ2v) is 6.63. The second kappa shape index (κ2) is 8.72. The van der Waals surface area contributed by atoms with Crippen LogP contribution >= 0.6 is 11.6 Å². The molecule has 0 radical (unpaired) electrons. The molecular formula is C19H22ClN3O2. The number of carbonyl (C=O) groups is 1. The summed E-state index contributed by atoms with van der Waals surface area (Å²) in [7, 11) is 0. The summed E-state index contributed by atoms with van der Waals surface area (Å²) in [6.45, 7) is 2.22. The van der Waals surface area contributed by atoms with Crippen LogP contribution in [0.2, 0.25) is 5.02 Å². The number of pyridine rings is 1. The van der Waals surface area contributed by atoms with Gasteiger partial charge in [-0.15, -0.1) is 0 Å². The van der Waals surface area contributed by atoms with Crippen molar-refractivity contribution in [2.45, 2.75) is 19.3 Å². The highest BCUT2D eigenvalue weighted by Crippen LogP contribution is 2.22. The lowest BCUT2D eigenvalue weighted by Gasteiger charge is -2.32. The molecule has 1 aromatic heterocycles. The first-order valence-corrected chi connectivity index (χ1v) is 8.93. The molecular weight excluding hydrogens is 338 g/mol. The molecule has 2 heterocycles. The number of carbonyl (C=O) groups excluding carboxylic acids is 1. The number of likely N-dealkylation sites (tertiary alicyclic amines) is 1. The quantitative estimate of drug-likeness (QED) is 0.858. The predicted octanol–water partition coefficient (Wildman–Crippen LogP) is 4.45. The van der Waals surface area contributed by atoms with Gasteiger partial charge in [-0.25, -0.2) is 4.79 Å². The minimum absolute atomic E-state index is 0.0627. The van der Waals surface area contributed by atoms with Crippen LogP contribution in [0, 0.1) is 5.92 Å². The van der Waals surface area contributed by atoms with Crippen molar-refractivity contribution in [1.82, 2.24) is 9.88 Å². The number of amides is 2. The van der Waals surface area contributed by atoms with Crippen LogP contribution < -0.4 is 10.1 Å². The number of rotatable bonds is 5. The minimum atomic E-state index is -0.0627. The highest BCUT2D eigenvalue weighted by Gasteiger charge is 2.22. The fraction of sp³-hybridized carbons (Fsp3) is 0.368. The lowest BCUT2D eigenvalue weighted by Crippen LogP contribution is -2.41. The van der Waals surface area contributed by atoms with E-state index in [-0.39, 0.29) is 6.03 Å². The molecule has 0 aliphatic carbocycles. The predicted molar refractivity (Wildman–Crippen MR) is 99.1 cm³/mol. The van der Waals surface area contributed by atoms with Crippen molar-refractivity contribution in [3.05, 3.63) is 53.8 Å². The van der Waals surface area contributed by atoms with Gasteiger partial charge in [-0.2, -0.15) is 0 Å². The number of nitrogens with zero attached hydrogens (tertiary/aromatic N) is 2. The van der Waals surface area contributed by atoms with Crippen molar-refractivity contribution in [1.29, 1.82) is 0 Å². The number of nitrogens with one attached hydrogen (secondary N) is 1. The van der Waals surface area contributed by atoms with Gasteiger partial charge in [0, 0.05) is 30.0 Å². The summed E-state index contributed by atoms with van der Waals surface area (Å²) in [4.78, 5) is 18.2. The van der Waals surface area contributed by atoms with Gasteiger partial charge in [-0.3, -0.25) is 4.98 Å². The first-order chi connectivity index (χ1) is 12.2. The highest BCUT2D eigenvalue weighted by molar-refractivity contribution is 6.30. The molecule has 0 bridgehead atoms. The van der Waals surface area contributed by atoms with E-state index in [0.717, 1.165) is 43.8 Å². The van der Waals surface area contributed by atoms with Gasteiger partial charge in [0.25, 0.3) is 0 Å². The molecule has 0 spiro atoms. The Bertz CT molecular complexity index is 688. The average Bonchev–Trinajstić information content (AvgIpc) is 2.63. The number of anilines is 1. The standard InChI is InChI=1S/C19H22ClN3O2/c20-16-3-1-4-17(13-16)22-19(24)23-10-6-15(7-11-23)8-12-25-18-5-2-9-21-14-18/h1-5,9,13-15H,6-8,10-12H2,(H,22,24). The maximum Gasteiger partial charge on any atom is 0.321 e. The van der Waals surface area contributed by atoms with E-state index in [1.165, 1.54) is 0 Å². The summed E-state index contributed by atoms with van der Waals surface area (Å²) >= 11 is 5.95. The Hall–Kier alpha value is -2.27. The van der Waals surface area contributed by atoms with Crippen molar-refractivity contribution in [2.75, 3.05) is 25.0 Å². The van der Waals surface area contributed by atoms with Gasteiger partial charge in [0.2, 0.25) is 0 Å². The molecule has 1 saturated heterocycles. The molecule has 0 atom stereocenters. The van der Waals surface area contributed by atoms with E-state index in [4.69, 9.17) is 16.3 Å². The summed E-state index contributed by atoms with van der Waals surface area (Å²) in [5, 5.41) is 3.52. The van der Waals surface area contributed by atoms with Crippen LogP contribution in [0.4, 0.5) is 10.5 Å². The van der Waals surface area contributed by atoms with E-state index < -0.39 is 0 Å². The Balaban J connectivity index is 1.38. The fourth-order valence-electron chi connectivity index (χ4n) is 2.97. The Morgan fingerprint density at radius 3 is 2.84 bits per heavy atom. The molecule has 132 valence electrons. The Morgan fingerprint density at radius 2 is 2.12 bits per heavy atom. The van der Waals surface area contributed by atoms with Crippen LogP contribution in [0.3, 0.4) is 0 Å². The number of benzene rings is 1. The molecule has 1 fully saturated rings. The van der Waals surface area contributed by atoms with Crippen LogP contribution in [-0.4, -0.2) is 35.6 Å². The monoisotopic (exact) mass is 359 g/mol. The molecule has 1 N–H and O–H groups in total. The van der Waals surface area contributed by atoms with E-state index in [2.05, 4.69) is 10.3 Å². The van der Waals surface area contributed by atoms with E-state index in [0.29, 0.717) is 17.5 Å². The SMILES string of the molecule is O=C(Nc1cccc(Cl)c1)N1CCC(CCOc2cccnc2)CC1. The third-order valence-electron chi connectivity index (χ3n) is 4.41. The van der Waals surface area contributed by atoms with E-state index in [1.54, 1.807) is 24.5 Å². The van der Waals surface area contributed by atoms with Crippen molar-refractivity contribution in [2.24, 2.45) is 5.92 Å². The number of aromatic nitrogens is 1. The average molecular weight is 360 g/mol. The van der Waals surface area contributed by atoms with Crippen molar-refractivity contribution in [3.63, 3.8) is 0 Å². The number of hydrogen-bond acceptors (Lipinski definition) is 3. The first-order valence-electron chi connectivity index (χ1n) is 8.55. The molecule has 5 nitrogen and oxygen atoms in total. The Morgan fingerprint density at radius 1 is 1.28 bits per heavy atom. The summed E-state index contributed by atoms with van der Waals surface area (Å²) in [6, 6.07) is 10.9. The molecule has 3 rings (SSSR count). The molecule has 25 heavy (non-hydrogen) atoms. The van der Waals surface area contributed by atoms with Crippen LogP contribution in [0.15, 0.2) is 48.8 Å². The van der Waals surface area contributed by atoms with Gasteiger partial charge in [0.1, 0.15) is 5.75 Å². The zero-order valence-corrected chi connectivity index (χ0v) is 14.8. The molecule has 6 heteroatoms. The molecule has 2 aromatic rings. The van der Waals surface area contributed by atoms with Crippen molar-refractivity contribution >= 4 is 23.3 Å². The zero-order chi connectivity index (χ0) is 17.5. The number of urea groups is 1. The van der Waals surface area contributed by atoms with Gasteiger partial charge in [0.15, 0.2) is 0 Å². The number of ether oxygens (including phenoxy) is 1. The molecule has 0 unspecified atom stereocenters. The Kier molecular flexibility index (Phi) is 6.12. The lowest BCUT2D eigenvalue weighted by molar-refractivity contribution is 0.170. The second-order valence-electron chi connectivity index (χ2n) is 6.20. The lowest BCUT2D eigenvalue weighted by atomic mass is 9.94. The third-order valence-corrected chi connectivity index (χ3v) is 4.64. The Labute approximate surface area is 153 Å².